The van der Waals surface area contributed by atoms with E-state index in [0.29, 0.717) is 36.8 Å². The van der Waals surface area contributed by atoms with Gasteiger partial charge in [0, 0.05) is 25.2 Å². The van der Waals surface area contributed by atoms with Gasteiger partial charge in [-0.1, -0.05) is 6.92 Å². The quantitative estimate of drug-likeness (QED) is 0.656. The molecule has 1 saturated heterocycles. The standard InChI is InChI=1S/C19H30N2O4/c1-3-12-25-17-7-6-16(15-18(17)24-4-2)19(22)20-8-5-9-21-10-13-23-14-11-21/h6-7,15H,3-5,8-14H2,1-2H3,(H,20,22). The van der Waals surface area contributed by atoms with Gasteiger partial charge in [0.1, 0.15) is 0 Å². The predicted molar refractivity (Wildman–Crippen MR) is 97.6 cm³/mol. The summed E-state index contributed by atoms with van der Waals surface area (Å²) in [7, 11) is 0. The largest absolute Gasteiger partial charge is 0.490 e. The van der Waals surface area contributed by atoms with E-state index in [1.807, 2.05) is 13.0 Å². The van der Waals surface area contributed by atoms with Gasteiger partial charge in [0.05, 0.1) is 26.4 Å². The summed E-state index contributed by atoms with van der Waals surface area (Å²) in [6.45, 7) is 10.3. The summed E-state index contributed by atoms with van der Waals surface area (Å²) < 4.78 is 16.6. The number of nitrogens with one attached hydrogen (secondary N) is 1. The lowest BCUT2D eigenvalue weighted by atomic mass is 10.2. The van der Waals surface area contributed by atoms with E-state index in [1.165, 1.54) is 0 Å². The van der Waals surface area contributed by atoms with Crippen molar-refractivity contribution in [3.05, 3.63) is 23.8 Å². The van der Waals surface area contributed by atoms with Gasteiger partial charge in [0.25, 0.3) is 5.91 Å². The molecule has 1 amide bonds. The van der Waals surface area contributed by atoms with Gasteiger partial charge in [0.15, 0.2) is 11.5 Å². The van der Waals surface area contributed by atoms with Crippen molar-refractivity contribution in [2.45, 2.75) is 26.7 Å². The Hall–Kier alpha value is -1.79. The summed E-state index contributed by atoms with van der Waals surface area (Å²) in [5.41, 5.74) is 0.596. The summed E-state index contributed by atoms with van der Waals surface area (Å²) in [5, 5.41) is 2.98. The van der Waals surface area contributed by atoms with Crippen LogP contribution >= 0.6 is 0 Å². The number of benzene rings is 1. The second-order valence-corrected chi connectivity index (χ2v) is 6.01. The summed E-state index contributed by atoms with van der Waals surface area (Å²) in [5.74, 6) is 1.23. The molecule has 0 spiro atoms. The van der Waals surface area contributed by atoms with Gasteiger partial charge in [-0.2, -0.15) is 0 Å². The third kappa shape index (κ3) is 6.55. The monoisotopic (exact) mass is 350 g/mol. The molecule has 140 valence electrons. The summed E-state index contributed by atoms with van der Waals surface area (Å²) in [6.07, 6.45) is 1.86. The first-order valence-electron chi connectivity index (χ1n) is 9.22. The number of rotatable bonds is 10. The van der Waals surface area contributed by atoms with E-state index in [4.69, 9.17) is 14.2 Å². The van der Waals surface area contributed by atoms with Gasteiger partial charge in [-0.3, -0.25) is 9.69 Å². The van der Waals surface area contributed by atoms with Gasteiger partial charge in [-0.05, 0) is 44.5 Å². The fourth-order valence-electron chi connectivity index (χ4n) is 2.68. The highest BCUT2D eigenvalue weighted by Gasteiger charge is 2.12. The van der Waals surface area contributed by atoms with Gasteiger partial charge in [-0.15, -0.1) is 0 Å². The van der Waals surface area contributed by atoms with E-state index in [9.17, 15) is 4.79 Å². The van der Waals surface area contributed by atoms with Crippen molar-refractivity contribution in [3.63, 3.8) is 0 Å². The topological polar surface area (TPSA) is 60.0 Å². The molecule has 1 fully saturated rings. The van der Waals surface area contributed by atoms with Crippen LogP contribution in [-0.4, -0.2) is 63.4 Å². The van der Waals surface area contributed by atoms with Crippen molar-refractivity contribution < 1.29 is 19.0 Å². The van der Waals surface area contributed by atoms with Gasteiger partial charge < -0.3 is 19.5 Å². The van der Waals surface area contributed by atoms with Crippen LogP contribution in [0.25, 0.3) is 0 Å². The molecule has 6 heteroatoms. The summed E-state index contributed by atoms with van der Waals surface area (Å²) in [6, 6.07) is 5.35. The number of ether oxygens (including phenoxy) is 3. The Balaban J connectivity index is 1.82. The fraction of sp³-hybridized carbons (Fsp3) is 0.632. The molecule has 0 atom stereocenters. The number of nitrogens with zero attached hydrogens (tertiary/aromatic N) is 1. The smallest absolute Gasteiger partial charge is 0.251 e. The zero-order valence-electron chi connectivity index (χ0n) is 15.4. The normalized spacial score (nSPS) is 15.0. The van der Waals surface area contributed by atoms with Crippen LogP contribution in [0, 0.1) is 0 Å². The minimum Gasteiger partial charge on any atom is -0.490 e. The number of morpholine rings is 1. The lowest BCUT2D eigenvalue weighted by Crippen LogP contribution is -2.38. The SMILES string of the molecule is CCCOc1ccc(C(=O)NCCCN2CCOCC2)cc1OCC. The average molecular weight is 350 g/mol. The molecule has 0 aliphatic carbocycles. The molecule has 1 aliphatic rings. The second-order valence-electron chi connectivity index (χ2n) is 6.01. The average Bonchev–Trinajstić information content (AvgIpc) is 2.65. The van der Waals surface area contributed by atoms with E-state index in [1.54, 1.807) is 12.1 Å². The number of hydrogen-bond acceptors (Lipinski definition) is 5. The van der Waals surface area contributed by atoms with Crippen molar-refractivity contribution in [3.8, 4) is 11.5 Å². The lowest BCUT2D eigenvalue weighted by Gasteiger charge is -2.26. The minimum atomic E-state index is -0.0787. The first-order chi connectivity index (χ1) is 12.2. The van der Waals surface area contributed by atoms with Crippen molar-refractivity contribution in [1.82, 2.24) is 10.2 Å². The lowest BCUT2D eigenvalue weighted by molar-refractivity contribution is 0.0374. The number of amides is 1. The van der Waals surface area contributed by atoms with Crippen LogP contribution in [0.2, 0.25) is 0 Å². The first-order valence-corrected chi connectivity index (χ1v) is 9.22. The Labute approximate surface area is 150 Å². The molecule has 6 nitrogen and oxygen atoms in total. The molecule has 1 N–H and O–H groups in total. The van der Waals surface area contributed by atoms with Crippen LogP contribution < -0.4 is 14.8 Å². The molecule has 0 radical (unpaired) electrons. The van der Waals surface area contributed by atoms with E-state index >= 15 is 0 Å². The van der Waals surface area contributed by atoms with Crippen molar-refractivity contribution in [2.75, 3.05) is 52.6 Å². The van der Waals surface area contributed by atoms with E-state index in [2.05, 4.69) is 17.1 Å². The van der Waals surface area contributed by atoms with E-state index in [-0.39, 0.29) is 5.91 Å². The van der Waals surface area contributed by atoms with Crippen LogP contribution in [0.3, 0.4) is 0 Å². The highest BCUT2D eigenvalue weighted by Crippen LogP contribution is 2.28. The molecule has 0 bridgehead atoms. The summed E-state index contributed by atoms with van der Waals surface area (Å²) in [4.78, 5) is 14.7. The van der Waals surface area contributed by atoms with Gasteiger partial charge in [0.2, 0.25) is 0 Å². The predicted octanol–water partition coefficient (Wildman–Crippen LogP) is 2.33. The zero-order chi connectivity index (χ0) is 17.9. The first kappa shape index (κ1) is 19.5. The second kappa shape index (κ2) is 10.9. The maximum absolute atomic E-state index is 12.3. The van der Waals surface area contributed by atoms with Crippen LogP contribution in [-0.2, 0) is 4.74 Å². The number of carbonyl (C=O) groups excluding carboxylic acids is 1. The fourth-order valence-corrected chi connectivity index (χ4v) is 2.68. The Morgan fingerprint density at radius 1 is 1.20 bits per heavy atom. The van der Waals surface area contributed by atoms with E-state index < -0.39 is 0 Å². The van der Waals surface area contributed by atoms with Crippen molar-refractivity contribution in [2.24, 2.45) is 0 Å². The van der Waals surface area contributed by atoms with Gasteiger partial charge in [-0.25, -0.2) is 0 Å². The van der Waals surface area contributed by atoms with Crippen LogP contribution in [0.1, 0.15) is 37.0 Å². The molecular weight excluding hydrogens is 320 g/mol. The highest BCUT2D eigenvalue weighted by atomic mass is 16.5. The molecule has 25 heavy (non-hydrogen) atoms. The third-order valence-corrected chi connectivity index (χ3v) is 4.01. The third-order valence-electron chi connectivity index (χ3n) is 4.01. The van der Waals surface area contributed by atoms with Crippen LogP contribution in [0.4, 0.5) is 0 Å². The molecule has 0 unspecified atom stereocenters. The maximum atomic E-state index is 12.3. The molecule has 1 aromatic carbocycles. The Morgan fingerprint density at radius 2 is 2.00 bits per heavy atom. The molecule has 1 aromatic rings. The minimum absolute atomic E-state index is 0.0787. The molecular formula is C19H30N2O4. The highest BCUT2D eigenvalue weighted by molar-refractivity contribution is 5.94. The van der Waals surface area contributed by atoms with Gasteiger partial charge >= 0.3 is 0 Å². The molecule has 0 aromatic heterocycles. The Morgan fingerprint density at radius 3 is 2.72 bits per heavy atom. The molecule has 0 saturated carbocycles. The van der Waals surface area contributed by atoms with Crippen LogP contribution in [0.5, 0.6) is 11.5 Å². The molecule has 1 heterocycles. The van der Waals surface area contributed by atoms with Crippen LogP contribution in [0.15, 0.2) is 18.2 Å². The Bertz CT molecular complexity index is 530. The molecule has 1 aliphatic heterocycles. The van der Waals surface area contributed by atoms with Crippen molar-refractivity contribution in [1.29, 1.82) is 0 Å². The summed E-state index contributed by atoms with van der Waals surface area (Å²) >= 11 is 0. The number of hydrogen-bond donors (Lipinski definition) is 1. The zero-order valence-corrected chi connectivity index (χ0v) is 15.4. The van der Waals surface area contributed by atoms with Crippen molar-refractivity contribution >= 4 is 5.91 Å². The Kier molecular flexibility index (Phi) is 8.55. The molecule has 2 rings (SSSR count). The van der Waals surface area contributed by atoms with E-state index in [0.717, 1.165) is 45.7 Å². The number of carbonyl (C=O) groups is 1. The maximum Gasteiger partial charge on any atom is 0.251 e.